The molecule has 2 aromatic rings. The molecule has 5 N–H and O–H groups in total. The lowest BCUT2D eigenvalue weighted by molar-refractivity contribution is 0.0956. The van der Waals surface area contributed by atoms with Crippen LogP contribution in [0.4, 0.5) is 0 Å². The number of ketones is 1. The number of benzene rings is 1. The normalized spacial score (nSPS) is 12.3. The number of ether oxygens (including phenoxy) is 1. The van der Waals surface area contributed by atoms with E-state index in [1.165, 1.54) is 18.4 Å². The minimum atomic E-state index is -3.94. The van der Waals surface area contributed by atoms with Crippen molar-refractivity contribution in [2.75, 3.05) is 13.7 Å². The van der Waals surface area contributed by atoms with Crippen molar-refractivity contribution in [3.05, 3.63) is 39.3 Å². The lowest BCUT2D eigenvalue weighted by atomic mass is 10.1. The van der Waals surface area contributed by atoms with E-state index in [2.05, 4.69) is 15.0 Å². The van der Waals surface area contributed by atoms with Gasteiger partial charge in [-0.15, -0.1) is 11.3 Å². The van der Waals surface area contributed by atoms with Crippen LogP contribution >= 0.6 is 11.3 Å². The van der Waals surface area contributed by atoms with Gasteiger partial charge in [-0.1, -0.05) is 0 Å². The van der Waals surface area contributed by atoms with E-state index in [4.69, 9.17) is 15.9 Å². The number of aromatic nitrogens is 1. The molecule has 0 saturated heterocycles. The maximum Gasteiger partial charge on any atom is 0.264 e. The van der Waals surface area contributed by atoms with E-state index >= 15 is 0 Å². The first kappa shape index (κ1) is 23.8. The molecule has 0 saturated carbocycles. The highest BCUT2D eigenvalue weighted by Gasteiger charge is 2.24. The zero-order chi connectivity index (χ0) is 22.5. The van der Waals surface area contributed by atoms with E-state index in [9.17, 15) is 13.2 Å². The van der Waals surface area contributed by atoms with E-state index in [0.717, 1.165) is 5.56 Å². The van der Waals surface area contributed by atoms with Crippen molar-refractivity contribution >= 4 is 33.1 Å². The molecular formula is C19H27N5O4S2. The van der Waals surface area contributed by atoms with Crippen molar-refractivity contribution in [1.29, 1.82) is 5.41 Å². The number of hydrogen-bond acceptors (Lipinski definition) is 8. The third-order valence-corrected chi connectivity index (χ3v) is 7.10. The summed E-state index contributed by atoms with van der Waals surface area (Å²) in [6.07, 6.45) is 2.43. The van der Waals surface area contributed by atoms with Crippen molar-refractivity contribution in [1.82, 2.24) is 15.0 Å². The minimum absolute atomic E-state index is 0.128. The van der Waals surface area contributed by atoms with Gasteiger partial charge in [0.15, 0.2) is 5.01 Å². The number of methoxy groups -OCH3 is 1. The summed E-state index contributed by atoms with van der Waals surface area (Å²) in [5.41, 5.74) is 7.71. The predicted octanol–water partition coefficient (Wildman–Crippen LogP) is 1.87. The van der Waals surface area contributed by atoms with Gasteiger partial charge in [0.2, 0.25) is 11.7 Å². The second-order valence-electron chi connectivity index (χ2n) is 6.83. The number of rotatable bonds is 9. The monoisotopic (exact) mass is 453 g/mol. The molecule has 0 aliphatic heterocycles. The van der Waals surface area contributed by atoms with E-state index in [0.29, 0.717) is 41.3 Å². The Hall–Kier alpha value is -2.50. The third-order valence-electron chi connectivity index (χ3n) is 4.68. The molecule has 0 aliphatic carbocycles. The Labute approximate surface area is 180 Å². The number of Topliss-reactive ketones (excluding diaryl/α,β-unsaturated/α-hetero) is 1. The standard InChI is InChI=1S/C19H27N5O4S2/c1-11-10-15(28-4)12(2)13(3)17(11)30(26,27)24-19(21)23-7-5-6-14(20)16(25)18-22-8-9-29-18/h8-10,14H,5-7,20H2,1-4H3,(H3,21,23,24)/t14-/m0/s1. The van der Waals surface area contributed by atoms with Crippen LogP contribution in [0.25, 0.3) is 0 Å². The van der Waals surface area contributed by atoms with Gasteiger partial charge in [0.05, 0.1) is 18.0 Å². The van der Waals surface area contributed by atoms with Crippen molar-refractivity contribution in [2.45, 2.75) is 44.6 Å². The van der Waals surface area contributed by atoms with Gasteiger partial charge in [0, 0.05) is 18.1 Å². The zero-order valence-corrected chi connectivity index (χ0v) is 19.0. The molecule has 30 heavy (non-hydrogen) atoms. The second-order valence-corrected chi connectivity index (χ2v) is 9.35. The first-order valence-corrected chi connectivity index (χ1v) is 11.6. The molecule has 0 spiro atoms. The van der Waals surface area contributed by atoms with Crippen LogP contribution in [0.5, 0.6) is 5.75 Å². The van der Waals surface area contributed by atoms with Gasteiger partial charge in [0.25, 0.3) is 10.0 Å². The summed E-state index contributed by atoms with van der Waals surface area (Å²) in [7, 11) is -2.41. The molecule has 0 amide bonds. The maximum atomic E-state index is 12.8. The fourth-order valence-electron chi connectivity index (χ4n) is 3.04. The first-order valence-electron chi connectivity index (χ1n) is 9.27. The number of nitrogens with two attached hydrogens (primary N) is 1. The summed E-state index contributed by atoms with van der Waals surface area (Å²) < 4.78 is 33.1. The molecule has 1 aromatic heterocycles. The Morgan fingerprint density at radius 2 is 2.03 bits per heavy atom. The van der Waals surface area contributed by atoms with Gasteiger partial charge >= 0.3 is 0 Å². The van der Waals surface area contributed by atoms with E-state index in [1.54, 1.807) is 38.4 Å². The third kappa shape index (κ3) is 5.55. The molecule has 1 aromatic carbocycles. The fourth-order valence-corrected chi connectivity index (χ4v) is 5.16. The van der Waals surface area contributed by atoms with E-state index in [-0.39, 0.29) is 16.6 Å². The average molecular weight is 454 g/mol. The highest BCUT2D eigenvalue weighted by molar-refractivity contribution is 7.90. The van der Waals surface area contributed by atoms with Gasteiger partial charge in [-0.25, -0.2) is 18.1 Å². The molecule has 0 fully saturated rings. The van der Waals surface area contributed by atoms with Crippen LogP contribution in [-0.2, 0) is 10.0 Å². The fraction of sp³-hybridized carbons (Fsp3) is 0.421. The van der Waals surface area contributed by atoms with Crippen molar-refractivity contribution in [3.8, 4) is 5.75 Å². The lowest BCUT2D eigenvalue weighted by Crippen LogP contribution is -2.41. The van der Waals surface area contributed by atoms with Crippen LogP contribution in [0.15, 0.2) is 22.5 Å². The SMILES string of the molecule is COc1cc(C)c(S(=O)(=O)NC(=N)NCCC[C@H](N)C(=O)c2nccs2)c(C)c1C. The summed E-state index contributed by atoms with van der Waals surface area (Å²) in [6.45, 7) is 5.46. The van der Waals surface area contributed by atoms with Crippen molar-refractivity contribution in [3.63, 3.8) is 0 Å². The summed E-state index contributed by atoms with van der Waals surface area (Å²) >= 11 is 1.24. The molecule has 0 radical (unpaired) electrons. The largest absolute Gasteiger partial charge is 0.496 e. The quantitative estimate of drug-likeness (QED) is 0.196. The molecule has 9 nitrogen and oxygen atoms in total. The summed E-state index contributed by atoms with van der Waals surface area (Å²) in [5, 5.41) is 12.7. The number of aryl methyl sites for hydroxylation is 1. The van der Waals surface area contributed by atoms with E-state index < -0.39 is 16.1 Å². The van der Waals surface area contributed by atoms with Crippen molar-refractivity contribution in [2.24, 2.45) is 5.73 Å². The van der Waals surface area contributed by atoms with Crippen LogP contribution in [-0.4, -0.2) is 44.8 Å². The molecule has 1 heterocycles. The Morgan fingerprint density at radius 1 is 1.33 bits per heavy atom. The number of thiazole rings is 1. The molecular weight excluding hydrogens is 426 g/mol. The van der Waals surface area contributed by atoms with Gasteiger partial charge in [-0.2, -0.15) is 0 Å². The molecule has 0 unspecified atom stereocenters. The number of nitrogens with one attached hydrogen (secondary N) is 3. The number of hydrogen-bond donors (Lipinski definition) is 4. The smallest absolute Gasteiger partial charge is 0.264 e. The number of carbonyl (C=O) groups is 1. The van der Waals surface area contributed by atoms with Crippen molar-refractivity contribution < 1.29 is 17.9 Å². The predicted molar refractivity (Wildman–Crippen MR) is 117 cm³/mol. The van der Waals surface area contributed by atoms with Crippen LogP contribution in [0.3, 0.4) is 0 Å². The van der Waals surface area contributed by atoms with Crippen LogP contribution in [0, 0.1) is 26.2 Å². The molecule has 11 heteroatoms. The maximum absolute atomic E-state index is 12.8. The second kappa shape index (κ2) is 10.0. The molecule has 0 aliphatic rings. The molecule has 0 bridgehead atoms. The highest BCUT2D eigenvalue weighted by Crippen LogP contribution is 2.30. The van der Waals surface area contributed by atoms with Crippen LogP contribution in [0.1, 0.15) is 39.3 Å². The number of carbonyl (C=O) groups excluding carboxylic acids is 1. The number of sulfonamides is 1. The lowest BCUT2D eigenvalue weighted by Gasteiger charge is -2.18. The van der Waals surface area contributed by atoms with E-state index in [1.807, 2.05) is 0 Å². The Bertz CT molecular complexity index is 1020. The summed E-state index contributed by atoms with van der Waals surface area (Å²) in [5.74, 6) is 0.0458. The Morgan fingerprint density at radius 3 is 2.63 bits per heavy atom. The number of guanidine groups is 1. The summed E-state index contributed by atoms with van der Waals surface area (Å²) in [4.78, 5) is 16.2. The van der Waals surface area contributed by atoms with Crippen LogP contribution < -0.4 is 20.5 Å². The molecule has 1 atom stereocenters. The van der Waals surface area contributed by atoms with Gasteiger partial charge in [-0.05, 0) is 56.4 Å². The van der Waals surface area contributed by atoms with Gasteiger partial charge < -0.3 is 15.8 Å². The average Bonchev–Trinajstić information content (AvgIpc) is 3.21. The first-order chi connectivity index (χ1) is 14.1. The Kier molecular flexibility index (Phi) is 7.93. The van der Waals surface area contributed by atoms with Gasteiger partial charge in [0.1, 0.15) is 5.75 Å². The van der Waals surface area contributed by atoms with Crippen LogP contribution in [0.2, 0.25) is 0 Å². The van der Waals surface area contributed by atoms with Gasteiger partial charge in [-0.3, -0.25) is 10.2 Å². The number of nitrogens with zero attached hydrogens (tertiary/aromatic N) is 1. The molecule has 164 valence electrons. The zero-order valence-electron chi connectivity index (χ0n) is 17.4. The minimum Gasteiger partial charge on any atom is -0.496 e. The molecule has 2 rings (SSSR count). The summed E-state index contributed by atoms with van der Waals surface area (Å²) in [6, 6.07) is 0.978. The highest BCUT2D eigenvalue weighted by atomic mass is 32.2. The Balaban J connectivity index is 1.92. The topological polar surface area (TPSA) is 147 Å².